The number of amides is 1. The summed E-state index contributed by atoms with van der Waals surface area (Å²) >= 11 is 1.55. The molecule has 0 aromatic heterocycles. The lowest BCUT2D eigenvalue weighted by Gasteiger charge is -2.43. The molecule has 1 amide bonds. The molecule has 1 saturated heterocycles. The molecule has 1 heterocycles. The van der Waals surface area contributed by atoms with Gasteiger partial charge in [0.2, 0.25) is 5.91 Å². The number of rotatable bonds is 7. The maximum absolute atomic E-state index is 14.9. The Morgan fingerprint density at radius 2 is 1.60 bits per heavy atom. The van der Waals surface area contributed by atoms with Gasteiger partial charge in [-0.1, -0.05) is 59.8 Å². The topological polar surface area (TPSA) is 47.6 Å². The second-order valence-electron chi connectivity index (χ2n) is 9.69. The zero-order valence-electron chi connectivity index (χ0n) is 20.7. The van der Waals surface area contributed by atoms with Gasteiger partial charge >= 0.3 is 0 Å². The molecule has 35 heavy (non-hydrogen) atoms. The van der Waals surface area contributed by atoms with Crippen molar-refractivity contribution in [1.29, 1.82) is 0 Å². The fourth-order valence-electron chi connectivity index (χ4n) is 4.13. The lowest BCUT2D eigenvalue weighted by atomic mass is 9.91. The molecular formula is C29H32FNO3S. The average Bonchev–Trinajstić information content (AvgIpc) is 2.82. The Bertz CT molecular complexity index is 1170. The van der Waals surface area contributed by atoms with Gasteiger partial charge in [0.15, 0.2) is 5.79 Å². The fraction of sp³-hybridized carbons (Fsp3) is 0.345. The smallest absolute Gasteiger partial charge is 0.217 e. The molecule has 3 aromatic carbocycles. The van der Waals surface area contributed by atoms with Gasteiger partial charge in [-0.25, -0.2) is 4.39 Å². The summed E-state index contributed by atoms with van der Waals surface area (Å²) in [5, 5.41) is 3.03. The van der Waals surface area contributed by atoms with E-state index in [-0.39, 0.29) is 11.7 Å². The number of carbonyl (C=O) groups is 1. The van der Waals surface area contributed by atoms with Crippen molar-refractivity contribution < 1.29 is 18.7 Å². The van der Waals surface area contributed by atoms with Crippen LogP contribution in [0.1, 0.15) is 38.3 Å². The third-order valence-corrected chi connectivity index (χ3v) is 7.19. The summed E-state index contributed by atoms with van der Waals surface area (Å²) in [6.07, 6.45) is 1.42. The van der Waals surface area contributed by atoms with Gasteiger partial charge in [0.05, 0.1) is 18.8 Å². The first kappa shape index (κ1) is 25.4. The van der Waals surface area contributed by atoms with E-state index in [0.29, 0.717) is 25.2 Å². The van der Waals surface area contributed by atoms with Gasteiger partial charge in [0, 0.05) is 22.3 Å². The van der Waals surface area contributed by atoms with E-state index in [9.17, 15) is 9.18 Å². The summed E-state index contributed by atoms with van der Waals surface area (Å²) < 4.78 is 26.6. The number of ether oxygens (including phenoxy) is 2. The predicted octanol–water partition coefficient (Wildman–Crippen LogP) is 6.54. The summed E-state index contributed by atoms with van der Waals surface area (Å²) in [7, 11) is 0. The minimum Gasteiger partial charge on any atom is -0.348 e. The summed E-state index contributed by atoms with van der Waals surface area (Å²) in [5.41, 5.74) is 3.16. The normalized spacial score (nSPS) is 16.6. The van der Waals surface area contributed by atoms with E-state index in [1.807, 2.05) is 62.4 Å². The van der Waals surface area contributed by atoms with Gasteiger partial charge in [-0.3, -0.25) is 4.79 Å². The summed E-state index contributed by atoms with van der Waals surface area (Å²) in [5.74, 6) is -0.993. The molecule has 1 aliphatic heterocycles. The second-order valence-corrected chi connectivity index (χ2v) is 10.8. The predicted molar refractivity (Wildman–Crippen MR) is 138 cm³/mol. The van der Waals surface area contributed by atoms with E-state index < -0.39 is 11.3 Å². The molecule has 1 fully saturated rings. The van der Waals surface area contributed by atoms with Crippen LogP contribution >= 0.6 is 11.8 Å². The van der Waals surface area contributed by atoms with Crippen molar-refractivity contribution in [3.63, 3.8) is 0 Å². The highest BCUT2D eigenvalue weighted by Crippen LogP contribution is 2.32. The molecule has 4 rings (SSSR count). The third-order valence-electron chi connectivity index (χ3n) is 6.19. The molecule has 0 aliphatic carbocycles. The molecule has 6 heteroatoms. The maximum atomic E-state index is 14.9. The standard InChI is InChI=1S/C29H32FNO3S/c1-20-5-11-24(12-6-20)35-25-13-14-26(27(30)17-25)23-9-7-22(8-10-23)15-16-29(31-21(2)32)18-33-28(3,4)34-19-29/h5-14,17H,15-16,18-19H2,1-4H3,(H,31,32). The van der Waals surface area contributed by atoms with Gasteiger partial charge < -0.3 is 14.8 Å². The molecule has 0 spiro atoms. The molecule has 1 N–H and O–H groups in total. The highest BCUT2D eigenvalue weighted by molar-refractivity contribution is 7.99. The van der Waals surface area contributed by atoms with Crippen molar-refractivity contribution in [3.8, 4) is 11.1 Å². The van der Waals surface area contributed by atoms with Crippen LogP contribution in [0.3, 0.4) is 0 Å². The van der Waals surface area contributed by atoms with E-state index in [4.69, 9.17) is 9.47 Å². The maximum Gasteiger partial charge on any atom is 0.217 e. The number of halogens is 1. The van der Waals surface area contributed by atoms with Crippen LogP contribution in [-0.2, 0) is 20.7 Å². The van der Waals surface area contributed by atoms with Gasteiger partial charge in [-0.15, -0.1) is 0 Å². The molecule has 184 valence electrons. The van der Waals surface area contributed by atoms with Crippen molar-refractivity contribution in [2.45, 2.75) is 61.7 Å². The molecule has 3 aromatic rings. The van der Waals surface area contributed by atoms with Crippen molar-refractivity contribution in [3.05, 3.63) is 83.7 Å². The van der Waals surface area contributed by atoms with E-state index in [1.165, 1.54) is 12.5 Å². The van der Waals surface area contributed by atoms with E-state index >= 15 is 0 Å². The molecule has 4 nitrogen and oxygen atoms in total. The molecule has 1 aliphatic rings. The van der Waals surface area contributed by atoms with Crippen LogP contribution in [0.25, 0.3) is 11.1 Å². The van der Waals surface area contributed by atoms with Crippen LogP contribution in [0.15, 0.2) is 76.5 Å². The van der Waals surface area contributed by atoms with Crippen molar-refractivity contribution in [1.82, 2.24) is 5.32 Å². The van der Waals surface area contributed by atoms with Gasteiger partial charge in [0.25, 0.3) is 0 Å². The quantitative estimate of drug-likeness (QED) is 0.406. The summed E-state index contributed by atoms with van der Waals surface area (Å²) in [6.45, 7) is 8.10. The zero-order chi connectivity index (χ0) is 25.1. The Hall–Kier alpha value is -2.67. The highest BCUT2D eigenvalue weighted by Gasteiger charge is 2.40. The SMILES string of the molecule is CC(=O)NC1(CCc2ccc(-c3ccc(Sc4ccc(C)cc4)cc3F)cc2)COC(C)(C)OC1. The molecule has 0 radical (unpaired) electrons. The number of aryl methyl sites for hydroxylation is 2. The number of hydrogen-bond donors (Lipinski definition) is 1. The van der Waals surface area contributed by atoms with E-state index in [0.717, 1.165) is 27.3 Å². The first-order valence-corrected chi connectivity index (χ1v) is 12.6. The molecule has 0 unspecified atom stereocenters. The van der Waals surface area contributed by atoms with Crippen LogP contribution in [0.2, 0.25) is 0 Å². The lowest BCUT2D eigenvalue weighted by Crippen LogP contribution is -2.60. The molecule has 0 atom stereocenters. The Kier molecular flexibility index (Phi) is 7.64. The Morgan fingerprint density at radius 3 is 2.20 bits per heavy atom. The average molecular weight is 494 g/mol. The van der Waals surface area contributed by atoms with Crippen LogP contribution in [0, 0.1) is 12.7 Å². The van der Waals surface area contributed by atoms with Crippen molar-refractivity contribution >= 4 is 17.7 Å². The summed E-state index contributed by atoms with van der Waals surface area (Å²) in [6, 6.07) is 21.5. The summed E-state index contributed by atoms with van der Waals surface area (Å²) in [4.78, 5) is 13.8. The first-order chi connectivity index (χ1) is 16.6. The fourth-order valence-corrected chi connectivity index (χ4v) is 4.97. The van der Waals surface area contributed by atoms with E-state index in [1.54, 1.807) is 17.8 Å². The minimum absolute atomic E-state index is 0.105. The Labute approximate surface area is 211 Å². The number of hydrogen-bond acceptors (Lipinski definition) is 4. The Balaban J connectivity index is 1.41. The number of carbonyl (C=O) groups excluding carboxylic acids is 1. The van der Waals surface area contributed by atoms with Crippen molar-refractivity contribution in [2.24, 2.45) is 0 Å². The monoisotopic (exact) mass is 493 g/mol. The van der Waals surface area contributed by atoms with Crippen LogP contribution in [0.5, 0.6) is 0 Å². The van der Waals surface area contributed by atoms with Crippen LogP contribution < -0.4 is 5.32 Å². The molecule has 0 bridgehead atoms. The van der Waals surface area contributed by atoms with Crippen LogP contribution in [-0.4, -0.2) is 30.4 Å². The van der Waals surface area contributed by atoms with Gasteiger partial charge in [0.1, 0.15) is 5.82 Å². The third kappa shape index (κ3) is 6.72. The Morgan fingerprint density at radius 1 is 0.971 bits per heavy atom. The van der Waals surface area contributed by atoms with E-state index in [2.05, 4.69) is 24.4 Å². The molecule has 0 saturated carbocycles. The van der Waals surface area contributed by atoms with Gasteiger partial charge in [-0.2, -0.15) is 0 Å². The number of benzene rings is 3. The largest absolute Gasteiger partial charge is 0.348 e. The lowest BCUT2D eigenvalue weighted by molar-refractivity contribution is -0.271. The van der Waals surface area contributed by atoms with Gasteiger partial charge in [-0.05, 0) is 69.0 Å². The second kappa shape index (κ2) is 10.5. The van der Waals surface area contributed by atoms with Crippen LogP contribution in [0.4, 0.5) is 4.39 Å². The molecular weight excluding hydrogens is 461 g/mol. The minimum atomic E-state index is -0.651. The zero-order valence-corrected chi connectivity index (χ0v) is 21.5. The van der Waals surface area contributed by atoms with Crippen molar-refractivity contribution in [2.75, 3.05) is 13.2 Å². The first-order valence-electron chi connectivity index (χ1n) is 11.8. The number of nitrogens with one attached hydrogen (secondary N) is 1. The highest BCUT2D eigenvalue weighted by atomic mass is 32.2.